The molecule has 128 valence electrons. The number of hydrogen-bond acceptors (Lipinski definition) is 3. The minimum atomic E-state index is -0.00711. The number of imidazole rings is 1. The molecule has 1 saturated carbocycles. The zero-order valence-corrected chi connectivity index (χ0v) is 14.4. The second kappa shape index (κ2) is 7.34. The van der Waals surface area contributed by atoms with Gasteiger partial charge in [0, 0.05) is 45.6 Å². The summed E-state index contributed by atoms with van der Waals surface area (Å²) in [6.45, 7) is 3.67. The topological polar surface area (TPSA) is 53.4 Å². The lowest BCUT2D eigenvalue weighted by atomic mass is 10.1. The molecule has 2 aliphatic rings. The molecule has 1 aliphatic heterocycles. The largest absolute Gasteiger partial charge is 0.338 e. The van der Waals surface area contributed by atoms with Crippen LogP contribution in [0.5, 0.6) is 0 Å². The molecule has 2 heterocycles. The fourth-order valence-corrected chi connectivity index (χ4v) is 3.83. The lowest BCUT2D eigenvalue weighted by molar-refractivity contribution is 0.202. The van der Waals surface area contributed by atoms with Crippen LogP contribution in [0.2, 0.25) is 0 Å². The molecular formula is C17H29N5O. The number of aryl methyl sites for hydroxylation is 1. The lowest BCUT2D eigenvalue weighted by Crippen LogP contribution is -2.40. The molecule has 1 aromatic rings. The second-order valence-electron chi connectivity index (χ2n) is 7.08. The summed E-state index contributed by atoms with van der Waals surface area (Å²) in [6.07, 6.45) is 10.4. The number of nitrogens with zero attached hydrogens (tertiary/aromatic N) is 4. The molecule has 1 atom stereocenters. The maximum absolute atomic E-state index is 12.2. The van der Waals surface area contributed by atoms with Crippen LogP contribution in [0.3, 0.4) is 0 Å². The van der Waals surface area contributed by atoms with Gasteiger partial charge in [0.1, 0.15) is 5.82 Å². The first-order valence-electron chi connectivity index (χ1n) is 8.82. The summed E-state index contributed by atoms with van der Waals surface area (Å²) in [5, 5.41) is 3.09. The van der Waals surface area contributed by atoms with Crippen molar-refractivity contribution in [3.8, 4) is 0 Å². The average Bonchev–Trinajstić information content (AvgIpc) is 3.26. The van der Waals surface area contributed by atoms with Crippen molar-refractivity contribution in [3.05, 3.63) is 18.2 Å². The van der Waals surface area contributed by atoms with Crippen molar-refractivity contribution in [2.45, 2.75) is 44.7 Å². The summed E-state index contributed by atoms with van der Waals surface area (Å²) >= 11 is 0. The first kappa shape index (κ1) is 16.3. The predicted octanol–water partition coefficient (Wildman–Crippen LogP) is 1.83. The third-order valence-corrected chi connectivity index (χ3v) is 5.35. The van der Waals surface area contributed by atoms with E-state index >= 15 is 0 Å². The molecule has 0 unspecified atom stereocenters. The van der Waals surface area contributed by atoms with Gasteiger partial charge in [0.25, 0.3) is 0 Å². The Kier molecular flexibility index (Phi) is 5.20. The van der Waals surface area contributed by atoms with Crippen LogP contribution in [0.15, 0.2) is 12.4 Å². The van der Waals surface area contributed by atoms with Crippen LogP contribution in [0.25, 0.3) is 0 Å². The minimum Gasteiger partial charge on any atom is -0.338 e. The molecule has 1 aromatic heterocycles. The molecule has 0 bridgehead atoms. The van der Waals surface area contributed by atoms with Crippen LogP contribution < -0.4 is 5.32 Å². The Morgan fingerprint density at radius 2 is 2.17 bits per heavy atom. The number of nitrogens with one attached hydrogen (secondary N) is 1. The van der Waals surface area contributed by atoms with E-state index in [1.165, 1.54) is 38.6 Å². The highest BCUT2D eigenvalue weighted by Crippen LogP contribution is 2.28. The molecule has 6 heteroatoms. The Bertz CT molecular complexity index is 523. The molecule has 0 aromatic carbocycles. The van der Waals surface area contributed by atoms with E-state index in [2.05, 4.69) is 15.2 Å². The van der Waals surface area contributed by atoms with E-state index in [1.807, 2.05) is 24.9 Å². The summed E-state index contributed by atoms with van der Waals surface area (Å²) in [5.41, 5.74) is 0. The van der Waals surface area contributed by atoms with Crippen molar-refractivity contribution >= 4 is 6.03 Å². The summed E-state index contributed by atoms with van der Waals surface area (Å²) in [4.78, 5) is 20.8. The Hall–Kier alpha value is -1.56. The Labute approximate surface area is 138 Å². The Balaban J connectivity index is 1.39. The van der Waals surface area contributed by atoms with Gasteiger partial charge in [-0.05, 0) is 31.7 Å². The van der Waals surface area contributed by atoms with Gasteiger partial charge in [-0.15, -0.1) is 0 Å². The number of likely N-dealkylation sites (tertiary alicyclic amines) is 1. The number of carbonyl (C=O) groups excluding carboxylic acids is 1. The quantitative estimate of drug-likeness (QED) is 0.901. The first-order valence-corrected chi connectivity index (χ1v) is 8.82. The SMILES string of the molecule is CN(Cc1nccn1C)C(=O)NC[C@@H]1CCN(C2CCCC2)C1. The highest BCUT2D eigenvalue weighted by Gasteiger charge is 2.30. The van der Waals surface area contributed by atoms with Crippen LogP contribution in [-0.2, 0) is 13.6 Å². The van der Waals surface area contributed by atoms with E-state index in [-0.39, 0.29) is 6.03 Å². The van der Waals surface area contributed by atoms with Crippen LogP contribution in [-0.4, -0.2) is 58.1 Å². The molecular weight excluding hydrogens is 290 g/mol. The fraction of sp³-hybridized carbons (Fsp3) is 0.765. The minimum absolute atomic E-state index is 0.00711. The standard InChI is InChI=1S/C17H29N5O/c1-20-10-8-18-16(20)13-21(2)17(23)19-11-14-7-9-22(12-14)15-5-3-4-6-15/h8,10,14-15H,3-7,9,11-13H2,1-2H3,(H,19,23)/t14-/m0/s1. The number of aromatic nitrogens is 2. The van der Waals surface area contributed by atoms with Gasteiger partial charge < -0.3 is 19.7 Å². The van der Waals surface area contributed by atoms with Crippen molar-refractivity contribution < 1.29 is 4.79 Å². The Morgan fingerprint density at radius 3 is 2.87 bits per heavy atom. The molecule has 2 fully saturated rings. The van der Waals surface area contributed by atoms with Gasteiger partial charge >= 0.3 is 6.03 Å². The molecule has 0 radical (unpaired) electrons. The predicted molar refractivity (Wildman–Crippen MR) is 90.0 cm³/mol. The highest BCUT2D eigenvalue weighted by molar-refractivity contribution is 5.73. The summed E-state index contributed by atoms with van der Waals surface area (Å²) in [5.74, 6) is 1.50. The number of amides is 2. The number of carbonyl (C=O) groups is 1. The van der Waals surface area contributed by atoms with Gasteiger partial charge in [-0.25, -0.2) is 9.78 Å². The van der Waals surface area contributed by atoms with E-state index in [0.717, 1.165) is 25.0 Å². The molecule has 6 nitrogen and oxygen atoms in total. The van der Waals surface area contributed by atoms with Gasteiger partial charge in [-0.2, -0.15) is 0 Å². The Morgan fingerprint density at radius 1 is 1.39 bits per heavy atom. The van der Waals surface area contributed by atoms with E-state index in [4.69, 9.17) is 0 Å². The van der Waals surface area contributed by atoms with E-state index < -0.39 is 0 Å². The van der Waals surface area contributed by atoms with Crippen LogP contribution in [0.1, 0.15) is 37.9 Å². The number of urea groups is 1. The van der Waals surface area contributed by atoms with Gasteiger partial charge in [-0.3, -0.25) is 0 Å². The van der Waals surface area contributed by atoms with Crippen molar-refractivity contribution in [1.29, 1.82) is 0 Å². The monoisotopic (exact) mass is 319 g/mol. The second-order valence-corrected chi connectivity index (χ2v) is 7.08. The van der Waals surface area contributed by atoms with E-state index in [1.54, 1.807) is 11.1 Å². The molecule has 1 aliphatic carbocycles. The summed E-state index contributed by atoms with van der Waals surface area (Å²) < 4.78 is 1.94. The smallest absolute Gasteiger partial charge is 0.317 e. The number of rotatable bonds is 5. The van der Waals surface area contributed by atoms with Gasteiger partial charge in [0.2, 0.25) is 0 Å². The molecule has 1 saturated heterocycles. The highest BCUT2D eigenvalue weighted by atomic mass is 16.2. The lowest BCUT2D eigenvalue weighted by Gasteiger charge is -2.24. The zero-order chi connectivity index (χ0) is 16.2. The average molecular weight is 319 g/mol. The van der Waals surface area contributed by atoms with Crippen molar-refractivity contribution in [3.63, 3.8) is 0 Å². The normalized spacial score (nSPS) is 22.6. The molecule has 23 heavy (non-hydrogen) atoms. The van der Waals surface area contributed by atoms with E-state index in [9.17, 15) is 4.79 Å². The van der Waals surface area contributed by atoms with Gasteiger partial charge in [0.05, 0.1) is 6.54 Å². The molecule has 1 N–H and O–H groups in total. The van der Waals surface area contributed by atoms with Crippen molar-refractivity contribution in [1.82, 2.24) is 24.7 Å². The molecule has 0 spiro atoms. The van der Waals surface area contributed by atoms with Crippen molar-refractivity contribution in [2.75, 3.05) is 26.7 Å². The van der Waals surface area contributed by atoms with Crippen LogP contribution >= 0.6 is 0 Å². The molecule has 2 amide bonds. The third kappa shape index (κ3) is 4.05. The van der Waals surface area contributed by atoms with Crippen LogP contribution in [0.4, 0.5) is 4.79 Å². The zero-order valence-electron chi connectivity index (χ0n) is 14.4. The fourth-order valence-electron chi connectivity index (χ4n) is 3.83. The van der Waals surface area contributed by atoms with Gasteiger partial charge in [0.15, 0.2) is 0 Å². The number of hydrogen-bond donors (Lipinski definition) is 1. The maximum Gasteiger partial charge on any atom is 0.317 e. The van der Waals surface area contributed by atoms with E-state index in [0.29, 0.717) is 12.5 Å². The maximum atomic E-state index is 12.2. The third-order valence-electron chi connectivity index (χ3n) is 5.35. The van der Waals surface area contributed by atoms with Gasteiger partial charge in [-0.1, -0.05) is 12.8 Å². The first-order chi connectivity index (χ1) is 11.1. The molecule has 3 rings (SSSR count). The van der Waals surface area contributed by atoms with Crippen LogP contribution in [0, 0.1) is 5.92 Å². The summed E-state index contributed by atoms with van der Waals surface area (Å²) in [6, 6.07) is 0.800. The van der Waals surface area contributed by atoms with Crippen molar-refractivity contribution in [2.24, 2.45) is 13.0 Å². The summed E-state index contributed by atoms with van der Waals surface area (Å²) in [7, 11) is 3.77.